The third-order valence-corrected chi connectivity index (χ3v) is 20.9. The molecule has 1 saturated heterocycles. The summed E-state index contributed by atoms with van der Waals surface area (Å²) >= 11 is 0. The quantitative estimate of drug-likeness (QED) is 0.00808. The number of anilines is 1. The van der Waals surface area contributed by atoms with Gasteiger partial charge in [0.1, 0.15) is 43.1 Å². The standard InChI is InChI=1S/C77H98N10O14S2/c1-52(81-74(93)53(2)82-75(94)63(49-55-26-14-9-15-27-55)84-71(90)41-47-86-45-39-57(40-46-86)101-66-30-20-19-28-56(66)48-54-24-12-8-13-25-54)73(92)80-43-38-70(89)83-62(72(78)91)29-21-22-42-79-69(88)33-18-11-23-44-87-65-37-35-59(103(98,99)100)51-61(65)77(5,6)68(87)32-17-10-16-31-67-76(3,4)60-50-58(102(95,96)97)34-36-64(60)85(67)7/h8-10,12-17,19-20,24-28,30-32,34-37,50-53,57,62-63H,11,18,21-23,29,33,38-49H2,1-7H3,(H9-,78,79,80,81,82,83,84,88,89,90,91,92,93,94,95,96,97,98,99,100)/p+1/t52-,53-,62-,63-/m0/s1. The van der Waals surface area contributed by atoms with Crippen molar-refractivity contribution in [3.63, 3.8) is 0 Å². The van der Waals surface area contributed by atoms with E-state index in [1.807, 2.05) is 136 Å². The zero-order valence-corrected chi connectivity index (χ0v) is 61.4. The lowest BCUT2D eigenvalue weighted by Crippen LogP contribution is -2.56. The first-order valence-corrected chi connectivity index (χ1v) is 38.0. The van der Waals surface area contributed by atoms with Gasteiger partial charge in [-0.1, -0.05) is 117 Å². The minimum Gasteiger partial charge on any atom is -0.490 e. The predicted molar refractivity (Wildman–Crippen MR) is 395 cm³/mol. The van der Waals surface area contributed by atoms with E-state index in [-0.39, 0.29) is 66.4 Å². The molecule has 8 rings (SSSR count). The number of carbonyl (C=O) groups excluding carboxylic acids is 7. The van der Waals surface area contributed by atoms with Crippen LogP contribution >= 0.6 is 0 Å². The number of likely N-dealkylation sites (tertiary alicyclic amines) is 1. The Hall–Kier alpha value is -9.34. The van der Waals surface area contributed by atoms with Crippen molar-refractivity contribution in [3.8, 4) is 5.75 Å². The van der Waals surface area contributed by atoms with Crippen LogP contribution in [0.2, 0.25) is 0 Å². The van der Waals surface area contributed by atoms with Gasteiger partial charge in [-0.05, 0) is 137 Å². The predicted octanol–water partition coefficient (Wildman–Crippen LogP) is 7.56. The Labute approximate surface area is 604 Å². The SMILES string of the molecule is C[C@H](NC(=O)[C@H](C)NC(=O)[C@H](Cc1ccccc1)NC(=O)CCN1CCC(Oc2ccccc2Cc2ccccc2)CC1)C(=O)NCCC(=O)N[C@@H](CCCCNC(=O)CCCCCN1C(=CC=CC=CC2=[N+](C)c3ccc(S(=O)(=O)O)cc3C2(C)C)C(C)(C)c2cc(S(=O)(=O)O)ccc21)C(N)=O. The number of allylic oxidation sites excluding steroid dienone is 6. The third-order valence-electron chi connectivity index (χ3n) is 19.2. The number of para-hydroxylation sites is 1. The van der Waals surface area contributed by atoms with Crippen LogP contribution in [0.1, 0.15) is 140 Å². The molecule has 4 atom stereocenters. The first-order chi connectivity index (χ1) is 48.9. The lowest BCUT2D eigenvalue weighted by atomic mass is 9.81. The van der Waals surface area contributed by atoms with E-state index in [2.05, 4.69) is 59.9 Å². The Morgan fingerprint density at radius 1 is 0.612 bits per heavy atom. The number of nitrogens with zero attached hydrogens (tertiary/aromatic N) is 3. The molecule has 3 aliphatic rings. The smallest absolute Gasteiger partial charge is 0.294 e. The lowest BCUT2D eigenvalue weighted by molar-refractivity contribution is -0.401. The summed E-state index contributed by atoms with van der Waals surface area (Å²) in [4.78, 5) is 95.8. The molecule has 0 unspecified atom stereocenters. The van der Waals surface area contributed by atoms with Crippen LogP contribution in [0.4, 0.5) is 11.4 Å². The van der Waals surface area contributed by atoms with E-state index in [4.69, 9.17) is 10.5 Å². The molecular weight excluding hydrogens is 1350 g/mol. The van der Waals surface area contributed by atoms with E-state index in [1.54, 1.807) is 12.1 Å². The number of hydrogen-bond acceptors (Lipinski definition) is 14. The molecule has 3 heterocycles. The molecule has 103 heavy (non-hydrogen) atoms. The number of carbonyl (C=O) groups is 7. The summed E-state index contributed by atoms with van der Waals surface area (Å²) < 4.78 is 76.4. The molecule has 0 spiro atoms. The number of piperidine rings is 1. The average molecular weight is 1450 g/mol. The first kappa shape index (κ1) is 79.4. The number of primary amides is 1. The zero-order valence-electron chi connectivity index (χ0n) is 59.8. The molecule has 5 aromatic rings. The van der Waals surface area contributed by atoms with Gasteiger partial charge < -0.3 is 52.2 Å². The van der Waals surface area contributed by atoms with Crippen LogP contribution in [0.5, 0.6) is 5.75 Å². The van der Waals surface area contributed by atoms with Crippen LogP contribution in [0.15, 0.2) is 167 Å². The first-order valence-electron chi connectivity index (χ1n) is 35.2. The van der Waals surface area contributed by atoms with Crippen LogP contribution in [0, 0.1) is 0 Å². The molecule has 3 aliphatic heterocycles. The Bertz CT molecular complexity index is 4230. The topological polar surface area (TPSA) is 345 Å². The fourth-order valence-electron chi connectivity index (χ4n) is 13.3. The maximum atomic E-state index is 13.8. The van der Waals surface area contributed by atoms with Gasteiger partial charge in [0.2, 0.25) is 47.0 Å². The Balaban J connectivity index is 0.707. The fraction of sp³-hybridized carbons (Fsp3) is 0.429. The second-order valence-electron chi connectivity index (χ2n) is 27.6. The number of rotatable bonds is 36. The molecule has 0 saturated carbocycles. The van der Waals surface area contributed by atoms with Crippen molar-refractivity contribution in [2.24, 2.45) is 5.73 Å². The summed E-state index contributed by atoms with van der Waals surface area (Å²) in [6.07, 6.45) is 15.4. The van der Waals surface area contributed by atoms with Gasteiger partial charge in [0.15, 0.2) is 5.71 Å². The molecule has 552 valence electrons. The van der Waals surface area contributed by atoms with Gasteiger partial charge in [0, 0.05) is 106 Å². The van der Waals surface area contributed by atoms with Gasteiger partial charge in [0.25, 0.3) is 20.2 Å². The number of fused-ring (bicyclic) bond motifs is 2. The van der Waals surface area contributed by atoms with Crippen molar-refractivity contribution in [3.05, 3.63) is 185 Å². The van der Waals surface area contributed by atoms with Crippen LogP contribution in [0.25, 0.3) is 0 Å². The van der Waals surface area contributed by atoms with Gasteiger partial charge >= 0.3 is 0 Å². The highest BCUT2D eigenvalue weighted by atomic mass is 32.2. The van der Waals surface area contributed by atoms with E-state index in [0.29, 0.717) is 51.7 Å². The number of unbranched alkanes of at least 4 members (excludes halogenated alkanes) is 3. The third kappa shape index (κ3) is 22.3. The highest BCUT2D eigenvalue weighted by Gasteiger charge is 2.44. The number of ether oxygens (including phenoxy) is 1. The van der Waals surface area contributed by atoms with E-state index < -0.39 is 84.8 Å². The van der Waals surface area contributed by atoms with Crippen LogP contribution in [-0.2, 0) is 77.5 Å². The molecule has 10 N–H and O–H groups in total. The Morgan fingerprint density at radius 3 is 1.90 bits per heavy atom. The number of benzene rings is 5. The summed E-state index contributed by atoms with van der Waals surface area (Å²) in [6, 6.07) is 32.5. The molecule has 5 aromatic carbocycles. The number of amides is 7. The number of nitrogens with one attached hydrogen (secondary N) is 6. The Kier molecular flexibility index (Phi) is 27.9. The van der Waals surface area contributed by atoms with Crippen molar-refractivity contribution < 1.29 is 68.8 Å². The van der Waals surface area contributed by atoms with Crippen molar-refractivity contribution in [2.45, 2.75) is 176 Å². The van der Waals surface area contributed by atoms with Crippen LogP contribution in [0.3, 0.4) is 0 Å². The van der Waals surface area contributed by atoms with E-state index in [9.17, 15) is 59.5 Å². The average Bonchev–Trinajstić information content (AvgIpc) is 1.60. The lowest BCUT2D eigenvalue weighted by Gasteiger charge is -2.32. The highest BCUT2D eigenvalue weighted by molar-refractivity contribution is 7.86. The minimum atomic E-state index is -4.49. The Morgan fingerprint density at radius 2 is 1.22 bits per heavy atom. The molecule has 0 aromatic heterocycles. The maximum absolute atomic E-state index is 13.8. The maximum Gasteiger partial charge on any atom is 0.294 e. The van der Waals surface area contributed by atoms with E-state index >= 15 is 0 Å². The minimum absolute atomic E-state index is 0.0387. The summed E-state index contributed by atoms with van der Waals surface area (Å²) in [6.45, 7) is 13.5. The molecule has 0 aliphatic carbocycles. The summed E-state index contributed by atoms with van der Waals surface area (Å²) in [5.74, 6) is -2.72. The molecule has 24 nitrogen and oxygen atoms in total. The van der Waals surface area contributed by atoms with Crippen molar-refractivity contribution in [1.82, 2.24) is 36.8 Å². The summed E-state index contributed by atoms with van der Waals surface area (Å²) in [5, 5.41) is 16.3. The van der Waals surface area contributed by atoms with E-state index in [1.165, 1.54) is 43.7 Å². The fourth-order valence-corrected chi connectivity index (χ4v) is 14.3. The monoisotopic (exact) mass is 1450 g/mol. The van der Waals surface area contributed by atoms with Crippen LogP contribution < -0.4 is 47.3 Å². The number of hydrogen-bond donors (Lipinski definition) is 9. The van der Waals surface area contributed by atoms with Crippen LogP contribution in [-0.4, -0.2) is 159 Å². The van der Waals surface area contributed by atoms with Crippen molar-refractivity contribution in [2.75, 3.05) is 51.2 Å². The second kappa shape index (κ2) is 36.2. The van der Waals surface area contributed by atoms with Crippen molar-refractivity contribution >= 4 is 78.7 Å². The molecule has 1 fully saturated rings. The van der Waals surface area contributed by atoms with Gasteiger partial charge in [-0.25, -0.2) is 0 Å². The molecule has 26 heteroatoms. The van der Waals surface area contributed by atoms with E-state index in [0.717, 1.165) is 83.1 Å². The molecule has 0 radical (unpaired) electrons. The van der Waals surface area contributed by atoms with Gasteiger partial charge in [-0.15, -0.1) is 0 Å². The van der Waals surface area contributed by atoms with Gasteiger partial charge in [-0.3, -0.25) is 42.7 Å². The molecule has 7 amide bonds. The summed E-state index contributed by atoms with van der Waals surface area (Å²) in [5.41, 5.74) is 12.4. The van der Waals surface area contributed by atoms with Gasteiger partial charge in [0.05, 0.1) is 15.2 Å². The summed E-state index contributed by atoms with van der Waals surface area (Å²) in [7, 11) is -6.99. The zero-order chi connectivity index (χ0) is 74.7. The van der Waals surface area contributed by atoms with Gasteiger partial charge in [-0.2, -0.15) is 21.4 Å². The molecular formula is C77H99N10O14S2+. The second-order valence-corrected chi connectivity index (χ2v) is 30.5. The van der Waals surface area contributed by atoms with Crippen molar-refractivity contribution in [1.29, 1.82) is 0 Å². The highest BCUT2D eigenvalue weighted by Crippen LogP contribution is 2.49. The largest absolute Gasteiger partial charge is 0.490 e. The number of nitrogens with two attached hydrogens (primary N) is 1. The normalized spacial score (nSPS) is 16.7. The molecule has 0 bridgehead atoms.